The predicted octanol–water partition coefficient (Wildman–Crippen LogP) is 2.42. The molecular weight excluding hydrogens is 360 g/mol. The zero-order chi connectivity index (χ0) is 19.8. The Morgan fingerprint density at radius 1 is 1.18 bits per heavy atom. The van der Waals surface area contributed by atoms with Crippen molar-refractivity contribution in [3.8, 4) is 5.75 Å². The molecule has 0 radical (unpaired) electrons. The summed E-state index contributed by atoms with van der Waals surface area (Å²) >= 11 is 0. The smallest absolute Gasteiger partial charge is 0.277 e. The Morgan fingerprint density at radius 2 is 1.93 bits per heavy atom. The van der Waals surface area contributed by atoms with E-state index in [0.29, 0.717) is 12.8 Å². The molecule has 0 saturated carbocycles. The first kappa shape index (κ1) is 17.9. The van der Waals surface area contributed by atoms with Crippen LogP contribution < -0.4 is 15.2 Å². The molecule has 1 aromatic heterocycles. The molecule has 0 unspecified atom stereocenters. The number of nitrogens with zero attached hydrogens (tertiary/aromatic N) is 6. The summed E-state index contributed by atoms with van der Waals surface area (Å²) in [5.74, 6) is -0.264. The van der Waals surface area contributed by atoms with Crippen LogP contribution in [0.25, 0.3) is 10.4 Å². The first-order valence-electron chi connectivity index (χ1n) is 9.03. The topological polar surface area (TPSA) is 104 Å². The molecule has 9 nitrogen and oxygen atoms in total. The molecule has 3 heterocycles. The number of amides is 1. The fraction of sp³-hybridized carbons (Fsp3) is 0.368. The predicted molar refractivity (Wildman–Crippen MR) is 103 cm³/mol. The number of methoxy groups -OCH3 is 1. The number of piperidine rings is 1. The number of benzene rings is 1. The van der Waals surface area contributed by atoms with Gasteiger partial charge in [0.15, 0.2) is 11.4 Å². The van der Waals surface area contributed by atoms with Crippen molar-refractivity contribution < 1.29 is 9.53 Å². The monoisotopic (exact) mass is 380 g/mol. The Labute approximate surface area is 161 Å². The minimum absolute atomic E-state index is 0.00974. The van der Waals surface area contributed by atoms with Crippen LogP contribution in [0.4, 0.5) is 0 Å². The van der Waals surface area contributed by atoms with Gasteiger partial charge in [0.1, 0.15) is 6.17 Å². The maximum absolute atomic E-state index is 13.0. The Kier molecular flexibility index (Phi) is 4.44. The number of hydrogen-bond donors (Lipinski definition) is 0. The fourth-order valence-electron chi connectivity index (χ4n) is 4.23. The van der Waals surface area contributed by atoms with E-state index in [4.69, 9.17) is 10.3 Å². The van der Waals surface area contributed by atoms with E-state index in [0.717, 1.165) is 5.56 Å². The van der Waals surface area contributed by atoms with E-state index in [9.17, 15) is 9.59 Å². The van der Waals surface area contributed by atoms with Crippen LogP contribution in [0.5, 0.6) is 5.75 Å². The van der Waals surface area contributed by atoms with Crippen LogP contribution in [0.2, 0.25) is 0 Å². The van der Waals surface area contributed by atoms with Crippen LogP contribution in [-0.2, 0) is 0 Å². The molecule has 28 heavy (non-hydrogen) atoms. The van der Waals surface area contributed by atoms with Crippen LogP contribution in [0.15, 0.2) is 52.5 Å². The van der Waals surface area contributed by atoms with Crippen molar-refractivity contribution in [2.75, 3.05) is 19.2 Å². The minimum Gasteiger partial charge on any atom is -0.491 e. The van der Waals surface area contributed by atoms with Crippen molar-refractivity contribution in [1.82, 2.24) is 9.58 Å². The standard InChI is InChI=1S/C19H20N6O3/c1-23-15-9-8-13(21-22-20)16(12-6-4-3-5-7-12)25(15)24-11-10-14(26)18(28-2)17(24)19(23)27/h3-7,10-11,13,15-16H,8-9H2,1-2H3/t13-,15-,16+/m0/s1. The Balaban J connectivity index is 1.97. The summed E-state index contributed by atoms with van der Waals surface area (Å²) < 4.78 is 6.95. The highest BCUT2D eigenvalue weighted by Crippen LogP contribution is 2.39. The van der Waals surface area contributed by atoms with E-state index in [-0.39, 0.29) is 41.0 Å². The van der Waals surface area contributed by atoms with Crippen LogP contribution in [0, 0.1) is 0 Å². The number of fused-ring (bicyclic) bond motifs is 3. The van der Waals surface area contributed by atoms with Gasteiger partial charge >= 0.3 is 0 Å². The number of carbonyl (C=O) groups excluding carboxylic acids is 1. The average Bonchev–Trinajstić information content (AvgIpc) is 2.72. The van der Waals surface area contributed by atoms with Gasteiger partial charge in [-0.15, -0.1) is 0 Å². The van der Waals surface area contributed by atoms with E-state index >= 15 is 0 Å². The molecule has 1 aromatic carbocycles. The van der Waals surface area contributed by atoms with Crippen LogP contribution in [-0.4, -0.2) is 41.8 Å². The van der Waals surface area contributed by atoms with Gasteiger partial charge in [0.05, 0.1) is 19.2 Å². The molecule has 9 heteroatoms. The van der Waals surface area contributed by atoms with Crippen LogP contribution in [0.3, 0.4) is 0 Å². The molecule has 4 rings (SSSR count). The van der Waals surface area contributed by atoms with Crippen molar-refractivity contribution >= 4 is 5.91 Å². The number of aromatic nitrogens is 1. The normalized spacial score (nSPS) is 23.5. The second kappa shape index (κ2) is 6.94. The number of carbonyl (C=O) groups is 1. The number of pyridine rings is 1. The maximum atomic E-state index is 13.0. The molecule has 1 saturated heterocycles. The number of rotatable bonds is 3. The molecule has 2 aliphatic heterocycles. The van der Waals surface area contributed by atoms with Gasteiger partial charge in [0.25, 0.3) is 5.91 Å². The summed E-state index contributed by atoms with van der Waals surface area (Å²) in [4.78, 5) is 30.0. The van der Waals surface area contributed by atoms with E-state index in [2.05, 4.69) is 10.0 Å². The molecule has 2 aliphatic rings. The first-order valence-corrected chi connectivity index (χ1v) is 9.03. The van der Waals surface area contributed by atoms with Gasteiger partial charge in [-0.1, -0.05) is 35.4 Å². The number of azide groups is 1. The van der Waals surface area contributed by atoms with Crippen molar-refractivity contribution in [3.63, 3.8) is 0 Å². The second-order valence-electron chi connectivity index (χ2n) is 6.89. The van der Waals surface area contributed by atoms with Gasteiger partial charge in [-0.2, -0.15) is 0 Å². The Morgan fingerprint density at radius 3 is 2.61 bits per heavy atom. The summed E-state index contributed by atoms with van der Waals surface area (Å²) in [5, 5.41) is 6.05. The van der Waals surface area contributed by atoms with Gasteiger partial charge < -0.3 is 9.64 Å². The molecule has 0 bridgehead atoms. The lowest BCUT2D eigenvalue weighted by atomic mass is 9.89. The van der Waals surface area contributed by atoms with Gasteiger partial charge in [-0.05, 0) is 23.9 Å². The third-order valence-electron chi connectivity index (χ3n) is 5.47. The zero-order valence-electron chi connectivity index (χ0n) is 15.6. The summed E-state index contributed by atoms with van der Waals surface area (Å²) in [6.45, 7) is 0. The summed E-state index contributed by atoms with van der Waals surface area (Å²) in [6.07, 6.45) is 2.65. The van der Waals surface area contributed by atoms with Crippen molar-refractivity contribution in [1.29, 1.82) is 0 Å². The van der Waals surface area contributed by atoms with E-state index < -0.39 is 0 Å². The van der Waals surface area contributed by atoms with E-state index in [1.807, 2.05) is 35.3 Å². The molecule has 1 fully saturated rings. The largest absolute Gasteiger partial charge is 0.491 e. The zero-order valence-corrected chi connectivity index (χ0v) is 15.6. The molecule has 0 aliphatic carbocycles. The Bertz CT molecular complexity index is 1010. The first-order chi connectivity index (χ1) is 13.6. The molecule has 2 aromatic rings. The van der Waals surface area contributed by atoms with Crippen LogP contribution >= 0.6 is 0 Å². The maximum Gasteiger partial charge on any atom is 0.277 e. The lowest BCUT2D eigenvalue weighted by Gasteiger charge is -2.53. The highest BCUT2D eigenvalue weighted by Gasteiger charge is 2.46. The molecule has 144 valence electrons. The lowest BCUT2D eigenvalue weighted by Crippen LogP contribution is -2.64. The quantitative estimate of drug-likeness (QED) is 0.463. The van der Waals surface area contributed by atoms with Gasteiger partial charge in [-0.25, -0.2) is 0 Å². The molecular formula is C19H20N6O3. The van der Waals surface area contributed by atoms with Gasteiger partial charge in [-0.3, -0.25) is 19.3 Å². The van der Waals surface area contributed by atoms with Gasteiger partial charge in [0, 0.05) is 24.2 Å². The number of hydrogen-bond acceptors (Lipinski definition) is 5. The fourth-order valence-corrected chi connectivity index (χ4v) is 4.23. The van der Waals surface area contributed by atoms with Gasteiger partial charge in [0.2, 0.25) is 5.43 Å². The molecule has 0 N–H and O–H groups in total. The second-order valence-corrected chi connectivity index (χ2v) is 6.89. The average molecular weight is 380 g/mol. The molecule has 0 spiro atoms. The van der Waals surface area contributed by atoms with Crippen molar-refractivity contribution in [2.45, 2.75) is 31.1 Å². The summed E-state index contributed by atoms with van der Waals surface area (Å²) in [7, 11) is 3.10. The Hall–Kier alpha value is -3.45. The highest BCUT2D eigenvalue weighted by molar-refractivity contribution is 5.96. The van der Waals surface area contributed by atoms with Crippen LogP contribution in [0.1, 0.15) is 34.9 Å². The van der Waals surface area contributed by atoms with E-state index in [1.54, 1.807) is 22.8 Å². The highest BCUT2D eigenvalue weighted by atomic mass is 16.5. The van der Waals surface area contributed by atoms with E-state index in [1.165, 1.54) is 13.2 Å². The third-order valence-corrected chi connectivity index (χ3v) is 5.47. The third kappa shape index (κ3) is 2.59. The lowest BCUT2D eigenvalue weighted by molar-refractivity contribution is 0.0535. The number of ether oxygens (including phenoxy) is 1. The summed E-state index contributed by atoms with van der Waals surface area (Å²) in [6, 6.07) is 10.5. The van der Waals surface area contributed by atoms with Crippen molar-refractivity contribution in [3.05, 3.63) is 74.5 Å². The van der Waals surface area contributed by atoms with Crippen molar-refractivity contribution in [2.24, 2.45) is 5.11 Å². The SMILES string of the molecule is COc1c2n(ccc1=O)N1[C@H](c3ccccc3)[C@@H](N=[N+]=[N-])CC[C@H]1N(C)C2=O. The minimum atomic E-state index is -0.353. The molecule has 3 atom stereocenters. The molecule has 1 amide bonds. The summed E-state index contributed by atoms with van der Waals surface area (Å²) in [5.41, 5.74) is 9.89.